The van der Waals surface area contributed by atoms with Gasteiger partial charge in [0.15, 0.2) is 0 Å². The van der Waals surface area contributed by atoms with E-state index in [1.54, 1.807) is 11.8 Å². The van der Waals surface area contributed by atoms with Crippen LogP contribution in [0.4, 0.5) is 0 Å². The van der Waals surface area contributed by atoms with Crippen molar-refractivity contribution in [3.63, 3.8) is 0 Å². The van der Waals surface area contributed by atoms with Crippen molar-refractivity contribution in [2.24, 2.45) is 5.92 Å². The highest BCUT2D eigenvalue weighted by atomic mass is 32.2. The Morgan fingerprint density at radius 1 is 1.42 bits per heavy atom. The molecule has 0 bridgehead atoms. The van der Waals surface area contributed by atoms with E-state index in [2.05, 4.69) is 10.6 Å². The van der Waals surface area contributed by atoms with Crippen LogP contribution in [0.3, 0.4) is 0 Å². The van der Waals surface area contributed by atoms with Crippen LogP contribution >= 0.6 is 11.8 Å². The van der Waals surface area contributed by atoms with Crippen molar-refractivity contribution in [1.29, 1.82) is 0 Å². The molecule has 0 saturated carbocycles. The smallest absolute Gasteiger partial charge is 0.326 e. The molecule has 0 aliphatic carbocycles. The number of hydrogen-bond donors (Lipinski definition) is 3. The fourth-order valence-corrected chi connectivity index (χ4v) is 2.74. The molecule has 1 amide bonds. The summed E-state index contributed by atoms with van der Waals surface area (Å²) in [5.41, 5.74) is 0. The predicted molar refractivity (Wildman–Crippen MR) is 77.4 cm³/mol. The van der Waals surface area contributed by atoms with E-state index in [-0.39, 0.29) is 5.91 Å². The van der Waals surface area contributed by atoms with Gasteiger partial charge in [-0.05, 0) is 56.7 Å². The molecule has 0 radical (unpaired) electrons. The van der Waals surface area contributed by atoms with Crippen molar-refractivity contribution < 1.29 is 14.7 Å². The quantitative estimate of drug-likeness (QED) is 0.623. The van der Waals surface area contributed by atoms with Crippen LogP contribution in [0.5, 0.6) is 0 Å². The fourth-order valence-electron chi connectivity index (χ4n) is 2.27. The van der Waals surface area contributed by atoms with Gasteiger partial charge in [-0.3, -0.25) is 4.79 Å². The molecule has 3 N–H and O–H groups in total. The lowest BCUT2D eigenvalue weighted by Crippen LogP contribution is -2.41. The number of hydrogen-bond acceptors (Lipinski definition) is 4. The molecule has 1 aliphatic heterocycles. The van der Waals surface area contributed by atoms with Gasteiger partial charge in [0.2, 0.25) is 5.91 Å². The minimum atomic E-state index is -0.940. The fraction of sp³-hybridized carbons (Fsp3) is 0.846. The van der Waals surface area contributed by atoms with Gasteiger partial charge in [-0.15, -0.1) is 0 Å². The number of carboxylic acids is 1. The standard InChI is InChI=1S/C13H24N2O3S/c1-19-9-6-11(13(17)18)15-12(16)3-2-10-4-7-14-8-5-10/h10-11,14H,2-9H2,1H3,(H,15,16)(H,17,18)/t11-/m1/s1. The van der Waals surface area contributed by atoms with Gasteiger partial charge in [0, 0.05) is 6.42 Å². The third-order valence-corrected chi connectivity index (χ3v) is 4.13. The predicted octanol–water partition coefficient (Wildman–Crippen LogP) is 1.09. The van der Waals surface area contributed by atoms with E-state index in [0.29, 0.717) is 18.8 Å². The van der Waals surface area contributed by atoms with Crippen LogP contribution < -0.4 is 10.6 Å². The Morgan fingerprint density at radius 2 is 2.11 bits per heavy atom. The maximum absolute atomic E-state index is 11.8. The van der Waals surface area contributed by atoms with Gasteiger partial charge in [0.25, 0.3) is 0 Å². The molecule has 1 saturated heterocycles. The van der Waals surface area contributed by atoms with Crippen LogP contribution in [-0.4, -0.2) is 48.1 Å². The van der Waals surface area contributed by atoms with Gasteiger partial charge in [0.1, 0.15) is 6.04 Å². The molecule has 1 atom stereocenters. The average molecular weight is 288 g/mol. The monoisotopic (exact) mass is 288 g/mol. The van der Waals surface area contributed by atoms with E-state index in [9.17, 15) is 9.59 Å². The summed E-state index contributed by atoms with van der Waals surface area (Å²) < 4.78 is 0. The summed E-state index contributed by atoms with van der Waals surface area (Å²) in [5, 5.41) is 14.9. The number of thioether (sulfide) groups is 1. The Kier molecular flexibility index (Phi) is 7.90. The highest BCUT2D eigenvalue weighted by Crippen LogP contribution is 2.17. The first-order valence-corrected chi connectivity index (χ1v) is 8.24. The summed E-state index contributed by atoms with van der Waals surface area (Å²) in [6.45, 7) is 2.05. The Bertz CT molecular complexity index is 294. The zero-order valence-electron chi connectivity index (χ0n) is 11.5. The third kappa shape index (κ3) is 6.82. The second kappa shape index (κ2) is 9.20. The zero-order valence-corrected chi connectivity index (χ0v) is 12.3. The molecule has 1 fully saturated rings. The van der Waals surface area contributed by atoms with Gasteiger partial charge in [-0.1, -0.05) is 0 Å². The first-order valence-electron chi connectivity index (χ1n) is 6.85. The van der Waals surface area contributed by atoms with Gasteiger partial charge in [0.05, 0.1) is 0 Å². The maximum atomic E-state index is 11.8. The molecule has 110 valence electrons. The van der Waals surface area contributed by atoms with Gasteiger partial charge >= 0.3 is 5.97 Å². The Balaban J connectivity index is 2.25. The third-order valence-electron chi connectivity index (χ3n) is 3.48. The molecular weight excluding hydrogens is 264 g/mol. The van der Waals surface area contributed by atoms with Gasteiger partial charge < -0.3 is 15.7 Å². The Labute approximate surface area is 118 Å². The van der Waals surface area contributed by atoms with Gasteiger partial charge in [-0.2, -0.15) is 11.8 Å². The van der Waals surface area contributed by atoms with E-state index in [1.807, 2.05) is 6.26 Å². The van der Waals surface area contributed by atoms with Gasteiger partial charge in [-0.25, -0.2) is 4.79 Å². The van der Waals surface area contributed by atoms with Crippen molar-refractivity contribution in [2.75, 3.05) is 25.1 Å². The van der Waals surface area contributed by atoms with E-state index in [0.717, 1.165) is 38.1 Å². The zero-order chi connectivity index (χ0) is 14.1. The first kappa shape index (κ1) is 16.3. The SMILES string of the molecule is CSCC[C@@H](NC(=O)CCC1CCNCC1)C(=O)O. The maximum Gasteiger partial charge on any atom is 0.326 e. The molecule has 5 nitrogen and oxygen atoms in total. The second-order valence-corrected chi connectivity index (χ2v) is 5.96. The number of carbonyl (C=O) groups is 2. The second-order valence-electron chi connectivity index (χ2n) is 4.97. The lowest BCUT2D eigenvalue weighted by molar-refractivity contribution is -0.141. The Hall–Kier alpha value is -0.750. The normalized spacial score (nSPS) is 17.9. The van der Waals surface area contributed by atoms with Crippen molar-refractivity contribution in [3.05, 3.63) is 0 Å². The molecule has 0 aromatic carbocycles. The molecule has 0 spiro atoms. The first-order chi connectivity index (χ1) is 9.13. The summed E-state index contributed by atoms with van der Waals surface area (Å²) >= 11 is 1.59. The molecule has 0 aromatic heterocycles. The topological polar surface area (TPSA) is 78.4 Å². The number of carboxylic acid groups (broad SMARTS) is 1. The molecular formula is C13H24N2O3S. The molecule has 1 rings (SSSR count). The van der Waals surface area contributed by atoms with Crippen LogP contribution in [0.1, 0.15) is 32.1 Å². The lowest BCUT2D eigenvalue weighted by Gasteiger charge is -2.22. The molecule has 0 aromatic rings. The summed E-state index contributed by atoms with van der Waals surface area (Å²) in [6, 6.07) is -0.743. The van der Waals surface area contributed by atoms with Crippen molar-refractivity contribution in [1.82, 2.24) is 10.6 Å². The van der Waals surface area contributed by atoms with Crippen LogP contribution in [0.2, 0.25) is 0 Å². The molecule has 1 heterocycles. The minimum Gasteiger partial charge on any atom is -0.480 e. The number of rotatable bonds is 8. The van der Waals surface area contributed by atoms with E-state index < -0.39 is 12.0 Å². The van der Waals surface area contributed by atoms with E-state index in [1.165, 1.54) is 0 Å². The highest BCUT2D eigenvalue weighted by molar-refractivity contribution is 7.98. The number of aliphatic carboxylic acids is 1. The number of nitrogens with one attached hydrogen (secondary N) is 2. The minimum absolute atomic E-state index is 0.132. The molecule has 6 heteroatoms. The molecule has 1 aliphatic rings. The number of piperidine rings is 1. The average Bonchev–Trinajstić information content (AvgIpc) is 2.42. The summed E-state index contributed by atoms with van der Waals surface area (Å²) in [5.74, 6) is 0.267. The lowest BCUT2D eigenvalue weighted by atomic mass is 9.93. The van der Waals surface area contributed by atoms with E-state index in [4.69, 9.17) is 5.11 Å². The van der Waals surface area contributed by atoms with E-state index >= 15 is 0 Å². The van der Waals surface area contributed by atoms with Crippen molar-refractivity contribution in [3.8, 4) is 0 Å². The van der Waals surface area contributed by atoms with Crippen LogP contribution in [0, 0.1) is 5.92 Å². The van der Waals surface area contributed by atoms with Crippen LogP contribution in [-0.2, 0) is 9.59 Å². The van der Waals surface area contributed by atoms with Crippen molar-refractivity contribution in [2.45, 2.75) is 38.1 Å². The summed E-state index contributed by atoms with van der Waals surface area (Å²) in [4.78, 5) is 22.8. The highest BCUT2D eigenvalue weighted by Gasteiger charge is 2.20. The largest absolute Gasteiger partial charge is 0.480 e. The summed E-state index contributed by atoms with van der Waals surface area (Å²) in [7, 11) is 0. The number of carbonyl (C=O) groups excluding carboxylic acids is 1. The number of amides is 1. The summed E-state index contributed by atoms with van der Waals surface area (Å²) in [6.07, 6.45) is 5.94. The Morgan fingerprint density at radius 3 is 2.68 bits per heavy atom. The van der Waals surface area contributed by atoms with Crippen LogP contribution in [0.25, 0.3) is 0 Å². The molecule has 19 heavy (non-hydrogen) atoms. The van der Waals surface area contributed by atoms with Crippen molar-refractivity contribution >= 4 is 23.6 Å². The van der Waals surface area contributed by atoms with Crippen LogP contribution in [0.15, 0.2) is 0 Å². The molecule has 0 unspecified atom stereocenters.